The number of benzene rings is 2. The predicted molar refractivity (Wildman–Crippen MR) is 102 cm³/mol. The first-order valence-electron chi connectivity index (χ1n) is 8.52. The number of amides is 2. The molecule has 1 spiro atoms. The summed E-state index contributed by atoms with van der Waals surface area (Å²) in [5, 5.41) is 0. The Kier molecular flexibility index (Phi) is 4.27. The Morgan fingerprint density at radius 3 is 2.26 bits per heavy atom. The van der Waals surface area contributed by atoms with Crippen LogP contribution in [0.25, 0.3) is 0 Å². The van der Waals surface area contributed by atoms with Crippen molar-refractivity contribution in [2.24, 2.45) is 0 Å². The van der Waals surface area contributed by atoms with E-state index in [1.165, 1.54) is 35.7 Å². The predicted octanol–water partition coefficient (Wildman–Crippen LogP) is 2.25. The minimum absolute atomic E-state index is 0.0616. The van der Waals surface area contributed by atoms with E-state index in [1.807, 2.05) is 6.07 Å². The van der Waals surface area contributed by atoms with Gasteiger partial charge in [-0.15, -0.1) is 11.8 Å². The Balaban J connectivity index is 1.86. The zero-order chi connectivity index (χ0) is 19.2. The summed E-state index contributed by atoms with van der Waals surface area (Å²) in [6, 6.07) is 16.2. The lowest BCUT2D eigenvalue weighted by atomic mass is 9.89. The van der Waals surface area contributed by atoms with Crippen LogP contribution < -0.4 is 0 Å². The molecule has 0 unspecified atom stereocenters. The molecule has 2 aromatic carbocycles. The molecule has 2 saturated heterocycles. The molecular weight excluding hydrogens is 384 g/mol. The number of hydrogen-bond acceptors (Lipinski definition) is 5. The average Bonchev–Trinajstić information content (AvgIpc) is 3.14. The lowest BCUT2D eigenvalue weighted by molar-refractivity contribution is -0.159. The van der Waals surface area contributed by atoms with E-state index in [0.29, 0.717) is 17.9 Å². The molecule has 4 rings (SSSR count). The Bertz CT molecular complexity index is 995. The Hall–Kier alpha value is -2.32. The number of carbonyl (C=O) groups excluding carboxylic acids is 2. The van der Waals surface area contributed by atoms with Crippen LogP contribution in [0.15, 0.2) is 65.6 Å². The van der Waals surface area contributed by atoms with Crippen LogP contribution in [0, 0.1) is 0 Å². The van der Waals surface area contributed by atoms with Gasteiger partial charge in [-0.3, -0.25) is 9.59 Å². The van der Waals surface area contributed by atoms with Crippen molar-refractivity contribution < 1.29 is 18.0 Å². The summed E-state index contributed by atoms with van der Waals surface area (Å²) in [6.07, 6.45) is 0. The van der Waals surface area contributed by atoms with E-state index in [2.05, 4.69) is 0 Å². The molecule has 0 aliphatic carbocycles. The fourth-order valence-electron chi connectivity index (χ4n) is 3.77. The van der Waals surface area contributed by atoms with Crippen LogP contribution in [-0.2, 0) is 19.6 Å². The first kappa shape index (κ1) is 18.1. The van der Waals surface area contributed by atoms with E-state index in [9.17, 15) is 18.0 Å². The number of carbonyl (C=O) groups is 2. The lowest BCUT2D eigenvalue weighted by Gasteiger charge is -2.55. The van der Waals surface area contributed by atoms with E-state index in [1.54, 1.807) is 42.5 Å². The van der Waals surface area contributed by atoms with Crippen LogP contribution in [0.4, 0.5) is 0 Å². The Labute approximate surface area is 162 Å². The largest absolute Gasteiger partial charge is 0.317 e. The summed E-state index contributed by atoms with van der Waals surface area (Å²) >= 11 is 1.34. The van der Waals surface area contributed by atoms with Crippen molar-refractivity contribution in [3.63, 3.8) is 0 Å². The smallest absolute Gasteiger partial charge is 0.276 e. The van der Waals surface area contributed by atoms with Gasteiger partial charge in [0, 0.05) is 19.2 Å². The number of thioether (sulfide) groups is 1. The maximum Gasteiger partial charge on any atom is 0.276 e. The molecule has 0 bridgehead atoms. The molecule has 2 aliphatic heterocycles. The average molecular weight is 402 g/mol. The lowest BCUT2D eigenvalue weighted by Crippen LogP contribution is -2.73. The zero-order valence-corrected chi connectivity index (χ0v) is 16.2. The van der Waals surface area contributed by atoms with Gasteiger partial charge >= 0.3 is 0 Å². The van der Waals surface area contributed by atoms with Crippen LogP contribution in [-0.4, -0.2) is 46.6 Å². The molecule has 0 radical (unpaired) electrons. The molecule has 0 aromatic heterocycles. The first-order valence-corrected chi connectivity index (χ1v) is 10.9. The maximum absolute atomic E-state index is 13.2. The van der Waals surface area contributed by atoms with Gasteiger partial charge in [-0.1, -0.05) is 48.5 Å². The van der Waals surface area contributed by atoms with Crippen LogP contribution in [0.1, 0.15) is 18.5 Å². The van der Waals surface area contributed by atoms with Crippen LogP contribution >= 0.6 is 11.8 Å². The topological polar surface area (TPSA) is 74.8 Å². The van der Waals surface area contributed by atoms with Gasteiger partial charge in [0.1, 0.15) is 6.04 Å². The molecule has 27 heavy (non-hydrogen) atoms. The summed E-state index contributed by atoms with van der Waals surface area (Å²) < 4.78 is 27.4. The second-order valence-corrected chi connectivity index (χ2v) is 9.58. The van der Waals surface area contributed by atoms with Crippen molar-refractivity contribution in [2.45, 2.75) is 22.7 Å². The standard InChI is InChI=1S/C19H18N2O4S2/c1-14(22)20-12-13-26-19(20)17(15-8-4-2-5-9-15)21(18(19)23)27(24,25)16-10-6-3-7-11-16/h2-11,17H,12-13H2,1H3/t17-,19+/m1/s1. The van der Waals surface area contributed by atoms with E-state index in [4.69, 9.17) is 0 Å². The van der Waals surface area contributed by atoms with Crippen molar-refractivity contribution >= 4 is 33.6 Å². The van der Waals surface area contributed by atoms with Gasteiger partial charge in [0.15, 0.2) is 4.87 Å². The van der Waals surface area contributed by atoms with Crippen LogP contribution in [0.3, 0.4) is 0 Å². The normalized spacial score (nSPS) is 24.9. The molecule has 140 valence electrons. The summed E-state index contributed by atoms with van der Waals surface area (Å²) in [5.41, 5.74) is 0.692. The van der Waals surface area contributed by atoms with Crippen molar-refractivity contribution in [3.05, 3.63) is 66.2 Å². The summed E-state index contributed by atoms with van der Waals surface area (Å²) in [7, 11) is -4.03. The molecule has 2 amide bonds. The zero-order valence-electron chi connectivity index (χ0n) is 14.6. The SMILES string of the molecule is CC(=O)N1CCS[C@@]12C(=O)N(S(=O)(=O)c1ccccc1)[C@@H]2c1ccccc1. The Morgan fingerprint density at radius 1 is 1.07 bits per heavy atom. The van der Waals surface area contributed by atoms with E-state index in [0.717, 1.165) is 4.31 Å². The Morgan fingerprint density at radius 2 is 1.67 bits per heavy atom. The van der Waals surface area contributed by atoms with Crippen molar-refractivity contribution in [1.82, 2.24) is 9.21 Å². The molecule has 2 fully saturated rings. The third kappa shape index (κ3) is 2.50. The van der Waals surface area contributed by atoms with E-state index in [-0.39, 0.29) is 10.8 Å². The van der Waals surface area contributed by atoms with Gasteiger partial charge in [-0.2, -0.15) is 0 Å². The second-order valence-electron chi connectivity index (χ2n) is 6.45. The number of β-lactam (4-membered cyclic amide) rings is 1. The van der Waals surface area contributed by atoms with Crippen LogP contribution in [0.5, 0.6) is 0 Å². The molecule has 2 heterocycles. The minimum atomic E-state index is -4.03. The van der Waals surface area contributed by atoms with Gasteiger partial charge in [-0.05, 0) is 17.7 Å². The van der Waals surface area contributed by atoms with Crippen molar-refractivity contribution in [1.29, 1.82) is 0 Å². The van der Waals surface area contributed by atoms with Crippen LogP contribution in [0.2, 0.25) is 0 Å². The highest BCUT2D eigenvalue weighted by Crippen LogP contribution is 2.58. The molecule has 0 N–H and O–H groups in total. The molecule has 2 aromatic rings. The maximum atomic E-state index is 13.2. The summed E-state index contributed by atoms with van der Waals surface area (Å²) in [4.78, 5) is 25.8. The molecule has 2 aliphatic rings. The number of hydrogen-bond donors (Lipinski definition) is 0. The molecule has 0 saturated carbocycles. The number of rotatable bonds is 3. The number of sulfonamides is 1. The highest BCUT2D eigenvalue weighted by molar-refractivity contribution is 8.02. The van der Waals surface area contributed by atoms with E-state index >= 15 is 0 Å². The van der Waals surface area contributed by atoms with Crippen molar-refractivity contribution in [3.8, 4) is 0 Å². The van der Waals surface area contributed by atoms with Crippen molar-refractivity contribution in [2.75, 3.05) is 12.3 Å². The fraction of sp³-hybridized carbons (Fsp3) is 0.263. The summed E-state index contributed by atoms with van der Waals surface area (Å²) in [6.45, 7) is 1.84. The van der Waals surface area contributed by atoms with Gasteiger partial charge in [0.25, 0.3) is 15.9 Å². The van der Waals surface area contributed by atoms with Gasteiger partial charge in [0.05, 0.1) is 4.90 Å². The van der Waals surface area contributed by atoms with Gasteiger partial charge < -0.3 is 4.90 Å². The highest BCUT2D eigenvalue weighted by Gasteiger charge is 2.71. The van der Waals surface area contributed by atoms with Gasteiger partial charge in [0.2, 0.25) is 5.91 Å². The highest BCUT2D eigenvalue weighted by atomic mass is 32.2. The third-order valence-corrected chi connectivity index (χ3v) is 8.15. The minimum Gasteiger partial charge on any atom is -0.317 e. The van der Waals surface area contributed by atoms with Gasteiger partial charge in [-0.25, -0.2) is 12.7 Å². The fourth-order valence-corrected chi connectivity index (χ4v) is 7.11. The monoisotopic (exact) mass is 402 g/mol. The van der Waals surface area contributed by atoms with E-state index < -0.39 is 26.8 Å². The second kappa shape index (κ2) is 6.38. The summed E-state index contributed by atoms with van der Waals surface area (Å²) in [5.74, 6) is -0.197. The first-order chi connectivity index (χ1) is 12.9. The molecular formula is C19H18N2O4S2. The number of nitrogens with zero attached hydrogens (tertiary/aromatic N) is 2. The molecule has 6 nitrogen and oxygen atoms in total. The molecule has 2 atom stereocenters. The third-order valence-electron chi connectivity index (χ3n) is 4.95. The molecule has 8 heteroatoms. The quantitative estimate of drug-likeness (QED) is 0.736.